The Labute approximate surface area is 178 Å². The lowest BCUT2D eigenvalue weighted by Crippen LogP contribution is -2.08. The summed E-state index contributed by atoms with van der Waals surface area (Å²) in [7, 11) is 1.44. The monoisotopic (exact) mass is 424 g/mol. The number of nitro groups is 1. The van der Waals surface area contributed by atoms with Crippen LogP contribution in [0.2, 0.25) is 0 Å². The fraction of sp³-hybridized carbons (Fsp3) is 0.227. The van der Waals surface area contributed by atoms with Gasteiger partial charge in [0, 0.05) is 23.6 Å². The maximum absolute atomic E-state index is 12.2. The molecule has 0 saturated carbocycles. The quantitative estimate of drug-likeness (QED) is 0.217. The van der Waals surface area contributed by atoms with Crippen LogP contribution in [0.5, 0.6) is 11.5 Å². The zero-order chi connectivity index (χ0) is 22.5. The van der Waals surface area contributed by atoms with E-state index in [1.165, 1.54) is 31.4 Å². The Hall–Kier alpha value is -4.01. The van der Waals surface area contributed by atoms with Crippen LogP contribution in [0.4, 0.5) is 5.69 Å². The highest BCUT2D eigenvalue weighted by Gasteiger charge is 2.25. The summed E-state index contributed by atoms with van der Waals surface area (Å²) in [5.41, 5.74) is 1.50. The molecule has 160 valence electrons. The van der Waals surface area contributed by atoms with E-state index < -0.39 is 10.9 Å². The highest BCUT2D eigenvalue weighted by Crippen LogP contribution is 2.30. The van der Waals surface area contributed by atoms with Gasteiger partial charge in [-0.15, -0.1) is 0 Å². The van der Waals surface area contributed by atoms with Crippen molar-refractivity contribution in [3.63, 3.8) is 0 Å². The molecule has 0 bridgehead atoms. The molecular weight excluding hydrogens is 404 g/mol. The molecule has 0 aromatic heterocycles. The standard InChI is InChI=1S/C22H20N2O7/c1-4-5-20(25)30-18-9-6-14(12-19(18)29-3)11-16-22(26)31-21(23-16)15-7-8-17(24(27)28)13(2)10-15/h6-12H,4-5H2,1-3H3/b16-11-. The maximum atomic E-state index is 12.2. The number of carbonyl (C=O) groups excluding carboxylic acids is 2. The molecule has 1 aliphatic heterocycles. The second kappa shape index (κ2) is 9.21. The SMILES string of the molecule is CCCC(=O)Oc1ccc(/C=C2\N=C(c3ccc([N+](=O)[O-])c(C)c3)OC2=O)cc1OC. The van der Waals surface area contributed by atoms with Crippen LogP contribution in [0, 0.1) is 17.0 Å². The smallest absolute Gasteiger partial charge is 0.363 e. The van der Waals surface area contributed by atoms with Crippen molar-refractivity contribution in [3.8, 4) is 11.5 Å². The van der Waals surface area contributed by atoms with Gasteiger partial charge in [-0.2, -0.15) is 0 Å². The van der Waals surface area contributed by atoms with Crippen molar-refractivity contribution in [2.45, 2.75) is 26.7 Å². The Morgan fingerprint density at radius 3 is 2.65 bits per heavy atom. The zero-order valence-electron chi connectivity index (χ0n) is 17.2. The number of rotatable bonds is 7. The molecule has 0 N–H and O–H groups in total. The third-order valence-corrected chi connectivity index (χ3v) is 4.43. The molecule has 2 aromatic rings. The van der Waals surface area contributed by atoms with Gasteiger partial charge >= 0.3 is 11.9 Å². The number of cyclic esters (lactones) is 1. The van der Waals surface area contributed by atoms with Crippen molar-refractivity contribution in [1.82, 2.24) is 0 Å². The predicted octanol–water partition coefficient (Wildman–Crippen LogP) is 3.96. The van der Waals surface area contributed by atoms with Gasteiger partial charge in [0.05, 0.1) is 12.0 Å². The van der Waals surface area contributed by atoms with Crippen LogP contribution in [0.15, 0.2) is 47.1 Å². The van der Waals surface area contributed by atoms with Gasteiger partial charge in [0.2, 0.25) is 5.90 Å². The third kappa shape index (κ3) is 4.95. The van der Waals surface area contributed by atoms with Crippen LogP contribution in [-0.4, -0.2) is 29.9 Å². The van der Waals surface area contributed by atoms with Gasteiger partial charge in [0.15, 0.2) is 17.2 Å². The van der Waals surface area contributed by atoms with Crippen molar-refractivity contribution in [3.05, 3.63) is 68.9 Å². The van der Waals surface area contributed by atoms with Crippen LogP contribution in [0.25, 0.3) is 6.08 Å². The van der Waals surface area contributed by atoms with Crippen LogP contribution in [0.3, 0.4) is 0 Å². The van der Waals surface area contributed by atoms with Gasteiger partial charge in [-0.25, -0.2) is 9.79 Å². The minimum absolute atomic E-state index is 0.0312. The molecular formula is C22H20N2O7. The average Bonchev–Trinajstić information content (AvgIpc) is 3.09. The molecule has 0 saturated heterocycles. The van der Waals surface area contributed by atoms with Crippen LogP contribution in [-0.2, 0) is 14.3 Å². The molecule has 0 radical (unpaired) electrons. The largest absolute Gasteiger partial charge is 0.493 e. The van der Waals surface area contributed by atoms with E-state index in [-0.39, 0.29) is 29.0 Å². The summed E-state index contributed by atoms with van der Waals surface area (Å²) in [4.78, 5) is 38.7. The second-order valence-electron chi connectivity index (χ2n) is 6.73. The van der Waals surface area contributed by atoms with Crippen molar-refractivity contribution in [1.29, 1.82) is 0 Å². The summed E-state index contributed by atoms with van der Waals surface area (Å²) in [6, 6.07) is 9.19. The summed E-state index contributed by atoms with van der Waals surface area (Å²) >= 11 is 0. The third-order valence-electron chi connectivity index (χ3n) is 4.43. The number of hydrogen-bond donors (Lipinski definition) is 0. The highest BCUT2D eigenvalue weighted by molar-refractivity contribution is 6.13. The van der Waals surface area contributed by atoms with Crippen molar-refractivity contribution in [2.75, 3.05) is 7.11 Å². The van der Waals surface area contributed by atoms with Gasteiger partial charge in [0.25, 0.3) is 5.69 Å². The van der Waals surface area contributed by atoms with E-state index in [0.717, 1.165) is 0 Å². The van der Waals surface area contributed by atoms with Crippen molar-refractivity contribution in [2.24, 2.45) is 4.99 Å². The number of aliphatic imine (C=N–C) groups is 1. The average molecular weight is 424 g/mol. The number of hydrogen-bond acceptors (Lipinski definition) is 8. The number of esters is 2. The summed E-state index contributed by atoms with van der Waals surface area (Å²) in [5.74, 6) is -0.336. The molecule has 0 atom stereocenters. The fourth-order valence-corrected chi connectivity index (χ4v) is 2.92. The number of aryl methyl sites for hydroxylation is 1. The lowest BCUT2D eigenvalue weighted by molar-refractivity contribution is -0.385. The molecule has 9 nitrogen and oxygen atoms in total. The predicted molar refractivity (Wildman–Crippen MR) is 112 cm³/mol. The topological polar surface area (TPSA) is 117 Å². The fourth-order valence-electron chi connectivity index (χ4n) is 2.92. The Morgan fingerprint density at radius 1 is 1.23 bits per heavy atom. The molecule has 1 heterocycles. The highest BCUT2D eigenvalue weighted by atomic mass is 16.6. The van der Waals surface area contributed by atoms with E-state index in [1.807, 2.05) is 6.92 Å². The lowest BCUT2D eigenvalue weighted by atomic mass is 10.1. The first-order valence-electron chi connectivity index (χ1n) is 9.49. The molecule has 0 aliphatic carbocycles. The van der Waals surface area contributed by atoms with Crippen LogP contribution < -0.4 is 9.47 Å². The summed E-state index contributed by atoms with van der Waals surface area (Å²) in [6.45, 7) is 3.47. The van der Waals surface area contributed by atoms with Gasteiger partial charge < -0.3 is 14.2 Å². The van der Waals surface area contributed by atoms with Gasteiger partial charge in [-0.1, -0.05) is 13.0 Å². The normalized spacial score (nSPS) is 14.2. The first kappa shape index (κ1) is 21.7. The van der Waals surface area contributed by atoms with Gasteiger partial charge in [-0.05, 0) is 49.2 Å². The molecule has 0 amide bonds. The van der Waals surface area contributed by atoms with Gasteiger partial charge in [-0.3, -0.25) is 14.9 Å². The van der Waals surface area contributed by atoms with Crippen molar-refractivity contribution >= 4 is 29.6 Å². The number of nitrogens with zero attached hydrogens (tertiary/aromatic N) is 2. The van der Waals surface area contributed by atoms with E-state index in [1.54, 1.807) is 25.1 Å². The maximum Gasteiger partial charge on any atom is 0.363 e. The Kier molecular flexibility index (Phi) is 6.44. The number of benzene rings is 2. The Morgan fingerprint density at radius 2 is 2.00 bits per heavy atom. The summed E-state index contributed by atoms with van der Waals surface area (Å²) in [6.07, 6.45) is 2.47. The van der Waals surface area contributed by atoms with Crippen LogP contribution >= 0.6 is 0 Å². The molecule has 1 aliphatic rings. The first-order chi connectivity index (χ1) is 14.8. The summed E-state index contributed by atoms with van der Waals surface area (Å²) in [5, 5.41) is 11.0. The molecule has 0 unspecified atom stereocenters. The number of ether oxygens (including phenoxy) is 3. The number of carbonyl (C=O) groups is 2. The van der Waals surface area contributed by atoms with Gasteiger partial charge in [0.1, 0.15) is 0 Å². The molecule has 2 aromatic carbocycles. The zero-order valence-corrected chi connectivity index (χ0v) is 17.2. The lowest BCUT2D eigenvalue weighted by Gasteiger charge is -2.09. The minimum Gasteiger partial charge on any atom is -0.493 e. The Balaban J connectivity index is 1.87. The number of methoxy groups -OCH3 is 1. The van der Waals surface area contributed by atoms with E-state index in [2.05, 4.69) is 4.99 Å². The molecule has 0 fully saturated rings. The first-order valence-corrected chi connectivity index (χ1v) is 9.49. The second-order valence-corrected chi connectivity index (χ2v) is 6.73. The van der Waals surface area contributed by atoms with Crippen molar-refractivity contribution < 1.29 is 28.7 Å². The minimum atomic E-state index is -0.650. The Bertz CT molecular complexity index is 1120. The van der Waals surface area contributed by atoms with E-state index >= 15 is 0 Å². The molecule has 0 spiro atoms. The van der Waals surface area contributed by atoms with E-state index in [9.17, 15) is 19.7 Å². The summed E-state index contributed by atoms with van der Waals surface area (Å²) < 4.78 is 15.8. The van der Waals surface area contributed by atoms with E-state index in [0.29, 0.717) is 35.3 Å². The molecule has 31 heavy (non-hydrogen) atoms. The van der Waals surface area contributed by atoms with E-state index in [4.69, 9.17) is 14.2 Å². The molecule has 9 heteroatoms. The number of nitro benzene ring substituents is 1. The van der Waals surface area contributed by atoms with Crippen LogP contribution in [0.1, 0.15) is 36.5 Å². The molecule has 3 rings (SSSR count).